The van der Waals surface area contributed by atoms with Crippen molar-refractivity contribution in [3.8, 4) is 0 Å². The van der Waals surface area contributed by atoms with Gasteiger partial charge < -0.3 is 0 Å². The Morgan fingerprint density at radius 3 is 2.50 bits per heavy atom. The van der Waals surface area contributed by atoms with Crippen LogP contribution in [0.1, 0.15) is 16.7 Å². The van der Waals surface area contributed by atoms with Gasteiger partial charge in [-0.3, -0.25) is 4.79 Å². The fraction of sp³-hybridized carbons (Fsp3) is 0.0625. The largest absolute Gasteiger partial charge is 0.299 e. The van der Waals surface area contributed by atoms with Crippen molar-refractivity contribution in [3.63, 3.8) is 0 Å². The van der Waals surface area contributed by atoms with E-state index in [0.717, 1.165) is 5.56 Å². The van der Waals surface area contributed by atoms with Gasteiger partial charge in [-0.1, -0.05) is 35.3 Å². The smallest absolute Gasteiger partial charge is 0.143 e. The minimum Gasteiger partial charge on any atom is -0.299 e. The van der Waals surface area contributed by atoms with Gasteiger partial charge in [0.05, 0.1) is 5.02 Å². The normalized spacial score (nSPS) is 11.5. The fourth-order valence-electron chi connectivity index (χ4n) is 1.96. The van der Waals surface area contributed by atoms with Gasteiger partial charge in [-0.2, -0.15) is 0 Å². The lowest BCUT2D eigenvalue weighted by Crippen LogP contribution is -1.95. The molecule has 0 aromatic heterocycles. The van der Waals surface area contributed by atoms with Crippen molar-refractivity contribution in [1.82, 2.24) is 0 Å². The molecule has 0 bridgehead atoms. The van der Waals surface area contributed by atoms with Crippen molar-refractivity contribution >= 4 is 35.1 Å². The number of aryl methyl sites for hydroxylation is 1. The fourth-order valence-corrected chi connectivity index (χ4v) is 2.34. The number of benzene rings is 2. The van der Waals surface area contributed by atoms with Crippen molar-refractivity contribution in [1.29, 1.82) is 0 Å². The molecule has 0 aliphatic heterocycles. The van der Waals surface area contributed by atoms with E-state index in [1.807, 2.05) is 6.92 Å². The highest BCUT2D eigenvalue weighted by molar-refractivity contribution is 6.33. The molecule has 0 aliphatic carbocycles. The van der Waals surface area contributed by atoms with Gasteiger partial charge in [0, 0.05) is 10.6 Å². The van der Waals surface area contributed by atoms with Crippen LogP contribution in [0.5, 0.6) is 0 Å². The zero-order valence-corrected chi connectivity index (χ0v) is 12.2. The highest BCUT2D eigenvalue weighted by atomic mass is 35.5. The van der Waals surface area contributed by atoms with Crippen molar-refractivity contribution in [2.75, 3.05) is 0 Å². The van der Waals surface area contributed by atoms with E-state index in [1.165, 1.54) is 18.2 Å². The summed E-state index contributed by atoms with van der Waals surface area (Å²) in [6, 6.07) is 9.64. The molecule has 2 aromatic rings. The lowest BCUT2D eigenvalue weighted by atomic mass is 9.96. The van der Waals surface area contributed by atoms with Gasteiger partial charge in [-0.25, -0.2) is 4.39 Å². The third-order valence-electron chi connectivity index (χ3n) is 2.94. The van der Waals surface area contributed by atoms with E-state index < -0.39 is 5.82 Å². The van der Waals surface area contributed by atoms with Crippen LogP contribution < -0.4 is 0 Å². The van der Waals surface area contributed by atoms with Crippen LogP contribution >= 0.6 is 23.2 Å². The van der Waals surface area contributed by atoms with Gasteiger partial charge in [-0.05, 0) is 54.0 Å². The van der Waals surface area contributed by atoms with Crippen LogP contribution in [0.3, 0.4) is 0 Å². The molecule has 0 fully saturated rings. The van der Waals surface area contributed by atoms with Crippen LogP contribution in [0.4, 0.5) is 4.39 Å². The van der Waals surface area contributed by atoms with Crippen molar-refractivity contribution in [2.24, 2.45) is 0 Å². The second-order valence-corrected chi connectivity index (χ2v) is 5.09. The van der Waals surface area contributed by atoms with Gasteiger partial charge in [0.2, 0.25) is 0 Å². The molecule has 0 spiro atoms. The molecule has 20 heavy (non-hydrogen) atoms. The van der Waals surface area contributed by atoms with Crippen LogP contribution in [0, 0.1) is 12.7 Å². The Hall–Kier alpha value is -1.64. The van der Waals surface area contributed by atoms with Crippen molar-refractivity contribution in [3.05, 3.63) is 75.0 Å². The van der Waals surface area contributed by atoms with Gasteiger partial charge in [0.25, 0.3) is 0 Å². The SMILES string of the molecule is Cc1cc(C(=CC=O)c2c(F)cccc2Cl)ccc1Cl. The summed E-state index contributed by atoms with van der Waals surface area (Å²) in [6.07, 6.45) is 1.91. The minimum atomic E-state index is -0.474. The molecule has 0 amide bonds. The van der Waals surface area contributed by atoms with Crippen molar-refractivity contribution < 1.29 is 9.18 Å². The molecule has 0 atom stereocenters. The van der Waals surface area contributed by atoms with E-state index in [-0.39, 0.29) is 10.6 Å². The molecular weight excluding hydrogens is 298 g/mol. The molecule has 0 saturated carbocycles. The summed E-state index contributed by atoms with van der Waals surface area (Å²) in [5.41, 5.74) is 2.17. The molecule has 2 aromatic carbocycles. The van der Waals surface area contributed by atoms with Gasteiger partial charge in [0.1, 0.15) is 12.1 Å². The number of allylic oxidation sites excluding steroid dienone is 1. The maximum absolute atomic E-state index is 14.0. The molecule has 4 heteroatoms. The zero-order valence-electron chi connectivity index (χ0n) is 10.7. The summed E-state index contributed by atoms with van der Waals surface area (Å²) in [4.78, 5) is 10.9. The first kappa shape index (κ1) is 14.8. The number of carbonyl (C=O) groups excluding carboxylic acids is 1. The molecule has 102 valence electrons. The average molecular weight is 309 g/mol. The third-order valence-corrected chi connectivity index (χ3v) is 3.67. The second kappa shape index (κ2) is 6.21. The molecule has 2 rings (SSSR count). The highest BCUT2D eigenvalue weighted by Gasteiger charge is 2.14. The van der Waals surface area contributed by atoms with E-state index in [1.54, 1.807) is 24.3 Å². The Kier molecular flexibility index (Phi) is 4.58. The average Bonchev–Trinajstić information content (AvgIpc) is 2.41. The van der Waals surface area contributed by atoms with Crippen LogP contribution in [0.25, 0.3) is 5.57 Å². The molecule has 0 saturated heterocycles. The predicted molar refractivity (Wildman–Crippen MR) is 80.7 cm³/mol. The molecule has 0 N–H and O–H groups in total. The predicted octanol–water partition coefficient (Wildman–Crippen LogP) is 5.07. The zero-order chi connectivity index (χ0) is 14.7. The minimum absolute atomic E-state index is 0.211. The maximum Gasteiger partial charge on any atom is 0.143 e. The summed E-state index contributed by atoms with van der Waals surface area (Å²) >= 11 is 12.0. The van der Waals surface area contributed by atoms with Crippen LogP contribution in [0.2, 0.25) is 10.0 Å². The third kappa shape index (κ3) is 2.92. The first-order chi connectivity index (χ1) is 9.54. The van der Waals surface area contributed by atoms with Crippen LogP contribution in [-0.2, 0) is 4.79 Å². The number of hydrogen-bond donors (Lipinski definition) is 0. The summed E-state index contributed by atoms with van der Waals surface area (Å²) < 4.78 is 14.0. The Morgan fingerprint density at radius 1 is 1.15 bits per heavy atom. The Morgan fingerprint density at radius 2 is 1.90 bits per heavy atom. The highest BCUT2D eigenvalue weighted by Crippen LogP contribution is 2.32. The lowest BCUT2D eigenvalue weighted by molar-refractivity contribution is -0.104. The van der Waals surface area contributed by atoms with E-state index in [2.05, 4.69) is 0 Å². The summed E-state index contributed by atoms with van der Waals surface area (Å²) in [7, 11) is 0. The number of hydrogen-bond acceptors (Lipinski definition) is 1. The van der Waals surface area contributed by atoms with E-state index in [4.69, 9.17) is 23.2 Å². The second-order valence-electron chi connectivity index (χ2n) is 4.28. The Labute approximate surface area is 126 Å². The number of halogens is 3. The van der Waals surface area contributed by atoms with Crippen LogP contribution in [-0.4, -0.2) is 6.29 Å². The molecular formula is C16H11Cl2FO. The molecule has 0 unspecified atom stereocenters. The quantitative estimate of drug-likeness (QED) is 0.571. The topological polar surface area (TPSA) is 17.1 Å². The van der Waals surface area contributed by atoms with Gasteiger partial charge in [0.15, 0.2) is 0 Å². The number of carbonyl (C=O) groups is 1. The molecule has 0 radical (unpaired) electrons. The van der Waals surface area contributed by atoms with Gasteiger partial charge >= 0.3 is 0 Å². The summed E-state index contributed by atoms with van der Waals surface area (Å²) in [6.45, 7) is 1.84. The first-order valence-corrected chi connectivity index (χ1v) is 6.66. The lowest BCUT2D eigenvalue weighted by Gasteiger charge is -2.12. The van der Waals surface area contributed by atoms with E-state index in [0.29, 0.717) is 22.4 Å². The Bertz CT molecular complexity index is 673. The number of rotatable bonds is 3. The molecule has 0 heterocycles. The maximum atomic E-state index is 14.0. The molecule has 1 nitrogen and oxygen atoms in total. The van der Waals surface area contributed by atoms with Gasteiger partial charge in [-0.15, -0.1) is 0 Å². The van der Waals surface area contributed by atoms with Crippen LogP contribution in [0.15, 0.2) is 42.5 Å². The van der Waals surface area contributed by atoms with E-state index in [9.17, 15) is 9.18 Å². The standard InChI is InChI=1S/C16H11Cl2FO/c1-10-9-11(5-6-13(10)17)12(7-8-20)16-14(18)3-2-4-15(16)19/h2-9H,1H3. The summed E-state index contributed by atoms with van der Waals surface area (Å²) in [5.74, 6) is -0.474. The van der Waals surface area contributed by atoms with E-state index >= 15 is 0 Å². The first-order valence-electron chi connectivity index (χ1n) is 5.91. The molecule has 0 aliphatic rings. The monoisotopic (exact) mass is 308 g/mol. The number of aldehydes is 1. The summed E-state index contributed by atoms with van der Waals surface area (Å²) in [5, 5.41) is 0.865. The Balaban J connectivity index is 2.66. The van der Waals surface area contributed by atoms with Crippen molar-refractivity contribution in [2.45, 2.75) is 6.92 Å².